The molecule has 28 heavy (non-hydrogen) atoms. The summed E-state index contributed by atoms with van der Waals surface area (Å²) >= 11 is 0. The standard InChI is InChI=1S/C24H26N2O2/c1-16(2)23(24(28)25-20-12-6-8-17(3)14-20)26-22(27)15-19-11-7-10-18-9-4-5-13-21(18)19/h4-14,16,23H,15H2,1-3H3,(H,25,28)(H,26,27)/t23-/m0/s1. The van der Waals surface area contributed by atoms with Crippen LogP contribution >= 0.6 is 0 Å². The van der Waals surface area contributed by atoms with Crippen LogP contribution in [0.3, 0.4) is 0 Å². The summed E-state index contributed by atoms with van der Waals surface area (Å²) in [5, 5.41) is 7.99. The summed E-state index contributed by atoms with van der Waals surface area (Å²) in [5.74, 6) is -0.386. The molecule has 3 aromatic carbocycles. The zero-order valence-electron chi connectivity index (χ0n) is 16.5. The lowest BCUT2D eigenvalue weighted by Gasteiger charge is -2.22. The molecule has 3 rings (SSSR count). The number of aryl methyl sites for hydroxylation is 1. The molecule has 0 heterocycles. The highest BCUT2D eigenvalue weighted by Gasteiger charge is 2.24. The Morgan fingerprint density at radius 2 is 1.64 bits per heavy atom. The van der Waals surface area contributed by atoms with Gasteiger partial charge in [-0.05, 0) is 46.9 Å². The summed E-state index contributed by atoms with van der Waals surface area (Å²) in [4.78, 5) is 25.4. The predicted molar refractivity (Wildman–Crippen MR) is 114 cm³/mol. The van der Waals surface area contributed by atoms with Crippen LogP contribution in [-0.2, 0) is 16.0 Å². The van der Waals surface area contributed by atoms with Crippen LogP contribution in [0.25, 0.3) is 10.8 Å². The minimum Gasteiger partial charge on any atom is -0.344 e. The first-order chi connectivity index (χ1) is 13.4. The average molecular weight is 374 g/mol. The molecule has 0 bridgehead atoms. The molecule has 0 unspecified atom stereocenters. The summed E-state index contributed by atoms with van der Waals surface area (Å²) in [5.41, 5.74) is 2.76. The molecule has 0 fully saturated rings. The van der Waals surface area contributed by atoms with Crippen molar-refractivity contribution < 1.29 is 9.59 Å². The van der Waals surface area contributed by atoms with Gasteiger partial charge in [-0.25, -0.2) is 0 Å². The van der Waals surface area contributed by atoms with E-state index in [1.54, 1.807) is 0 Å². The Labute approximate surface area is 166 Å². The SMILES string of the molecule is Cc1cccc(NC(=O)[C@@H](NC(=O)Cc2cccc3ccccc23)C(C)C)c1. The van der Waals surface area contributed by atoms with Crippen molar-refractivity contribution in [1.82, 2.24) is 5.32 Å². The van der Waals surface area contributed by atoms with Gasteiger partial charge in [0, 0.05) is 5.69 Å². The molecule has 4 heteroatoms. The number of rotatable bonds is 6. The Bertz CT molecular complexity index is 989. The Hall–Kier alpha value is -3.14. The van der Waals surface area contributed by atoms with Gasteiger partial charge in [0.1, 0.15) is 6.04 Å². The van der Waals surface area contributed by atoms with Gasteiger partial charge in [-0.15, -0.1) is 0 Å². The summed E-state index contributed by atoms with van der Waals surface area (Å²) in [6, 6.07) is 21.0. The molecular formula is C24H26N2O2. The summed E-state index contributed by atoms with van der Waals surface area (Å²) in [6.45, 7) is 5.83. The van der Waals surface area contributed by atoms with Crippen LogP contribution < -0.4 is 10.6 Å². The number of hydrogen-bond acceptors (Lipinski definition) is 2. The molecule has 144 valence electrons. The fraction of sp³-hybridized carbons (Fsp3) is 0.250. The lowest BCUT2D eigenvalue weighted by Crippen LogP contribution is -2.47. The van der Waals surface area contributed by atoms with Crippen molar-refractivity contribution >= 4 is 28.3 Å². The number of carbonyl (C=O) groups is 2. The molecule has 0 radical (unpaired) electrons. The van der Waals surface area contributed by atoms with Crippen LogP contribution in [0.2, 0.25) is 0 Å². The predicted octanol–water partition coefficient (Wildman–Crippen LogP) is 4.47. The first kappa shape index (κ1) is 19.6. The van der Waals surface area contributed by atoms with Gasteiger partial charge in [-0.1, -0.05) is 68.4 Å². The van der Waals surface area contributed by atoms with Crippen LogP contribution in [0.5, 0.6) is 0 Å². The lowest BCUT2D eigenvalue weighted by atomic mass is 10.00. The minimum atomic E-state index is -0.594. The highest BCUT2D eigenvalue weighted by molar-refractivity contribution is 5.98. The van der Waals surface area contributed by atoms with Crippen molar-refractivity contribution in [1.29, 1.82) is 0 Å². The van der Waals surface area contributed by atoms with Crippen LogP contribution in [0.4, 0.5) is 5.69 Å². The Morgan fingerprint density at radius 3 is 2.39 bits per heavy atom. The van der Waals surface area contributed by atoms with E-state index in [9.17, 15) is 9.59 Å². The van der Waals surface area contributed by atoms with E-state index in [0.29, 0.717) is 0 Å². The highest BCUT2D eigenvalue weighted by atomic mass is 16.2. The van der Waals surface area contributed by atoms with E-state index < -0.39 is 6.04 Å². The number of nitrogens with one attached hydrogen (secondary N) is 2. The van der Waals surface area contributed by atoms with Crippen molar-refractivity contribution in [3.05, 3.63) is 77.9 Å². The Balaban J connectivity index is 1.71. The lowest BCUT2D eigenvalue weighted by molar-refractivity contribution is -0.127. The van der Waals surface area contributed by atoms with E-state index in [1.807, 2.05) is 87.5 Å². The van der Waals surface area contributed by atoms with Gasteiger partial charge in [-0.2, -0.15) is 0 Å². The number of hydrogen-bond donors (Lipinski definition) is 2. The fourth-order valence-corrected chi connectivity index (χ4v) is 3.32. The van der Waals surface area contributed by atoms with Gasteiger partial charge in [0.2, 0.25) is 11.8 Å². The van der Waals surface area contributed by atoms with Crippen LogP contribution in [0.1, 0.15) is 25.0 Å². The summed E-state index contributed by atoms with van der Waals surface area (Å²) in [6.07, 6.45) is 0.238. The summed E-state index contributed by atoms with van der Waals surface area (Å²) in [7, 11) is 0. The number of anilines is 1. The summed E-state index contributed by atoms with van der Waals surface area (Å²) < 4.78 is 0. The van der Waals surface area contributed by atoms with Crippen molar-refractivity contribution in [2.24, 2.45) is 5.92 Å². The van der Waals surface area contributed by atoms with Gasteiger partial charge in [0.25, 0.3) is 0 Å². The van der Waals surface area contributed by atoms with E-state index in [4.69, 9.17) is 0 Å². The first-order valence-corrected chi connectivity index (χ1v) is 9.57. The van der Waals surface area contributed by atoms with Crippen LogP contribution in [0, 0.1) is 12.8 Å². The zero-order chi connectivity index (χ0) is 20.1. The Morgan fingerprint density at radius 1 is 0.929 bits per heavy atom. The van der Waals surface area contributed by atoms with Crippen molar-refractivity contribution in [2.75, 3.05) is 5.32 Å². The molecule has 0 aliphatic carbocycles. The molecule has 4 nitrogen and oxygen atoms in total. The molecule has 0 saturated heterocycles. The molecule has 2 N–H and O–H groups in total. The van der Waals surface area contributed by atoms with Gasteiger partial charge in [-0.3, -0.25) is 9.59 Å². The van der Waals surface area contributed by atoms with E-state index in [1.165, 1.54) is 0 Å². The second-order valence-electron chi connectivity index (χ2n) is 7.46. The first-order valence-electron chi connectivity index (χ1n) is 9.57. The largest absolute Gasteiger partial charge is 0.344 e. The number of amides is 2. The minimum absolute atomic E-state index is 0.0266. The molecular weight excluding hydrogens is 348 g/mol. The van der Waals surface area contributed by atoms with Crippen LogP contribution in [0.15, 0.2) is 66.7 Å². The smallest absolute Gasteiger partial charge is 0.247 e. The quantitative estimate of drug-likeness (QED) is 0.669. The molecule has 1 atom stereocenters. The maximum atomic E-state index is 12.7. The average Bonchev–Trinajstić information content (AvgIpc) is 2.66. The normalized spacial score (nSPS) is 12.0. The van der Waals surface area contributed by atoms with Gasteiger partial charge in [0.05, 0.1) is 6.42 Å². The maximum absolute atomic E-state index is 12.7. The Kier molecular flexibility index (Phi) is 6.09. The molecule has 0 aliphatic heterocycles. The van der Waals surface area contributed by atoms with Crippen molar-refractivity contribution in [3.8, 4) is 0 Å². The topological polar surface area (TPSA) is 58.2 Å². The number of benzene rings is 3. The molecule has 3 aromatic rings. The van der Waals surface area contributed by atoms with E-state index in [2.05, 4.69) is 10.6 Å². The molecule has 0 spiro atoms. The highest BCUT2D eigenvalue weighted by Crippen LogP contribution is 2.19. The van der Waals surface area contributed by atoms with Crippen LogP contribution in [-0.4, -0.2) is 17.9 Å². The van der Waals surface area contributed by atoms with Crippen molar-refractivity contribution in [2.45, 2.75) is 33.2 Å². The van der Waals surface area contributed by atoms with E-state index in [-0.39, 0.29) is 24.2 Å². The second-order valence-corrected chi connectivity index (χ2v) is 7.46. The molecule has 0 saturated carbocycles. The monoisotopic (exact) mass is 374 g/mol. The third kappa shape index (κ3) is 4.77. The molecule has 2 amide bonds. The van der Waals surface area contributed by atoms with Gasteiger partial charge < -0.3 is 10.6 Å². The number of carbonyl (C=O) groups excluding carboxylic acids is 2. The zero-order valence-corrected chi connectivity index (χ0v) is 16.5. The fourth-order valence-electron chi connectivity index (χ4n) is 3.32. The maximum Gasteiger partial charge on any atom is 0.247 e. The van der Waals surface area contributed by atoms with Gasteiger partial charge >= 0.3 is 0 Å². The van der Waals surface area contributed by atoms with E-state index >= 15 is 0 Å². The third-order valence-electron chi connectivity index (χ3n) is 4.78. The van der Waals surface area contributed by atoms with E-state index in [0.717, 1.165) is 27.6 Å². The molecule has 0 aromatic heterocycles. The van der Waals surface area contributed by atoms with Crippen molar-refractivity contribution in [3.63, 3.8) is 0 Å². The second kappa shape index (κ2) is 8.70. The van der Waals surface area contributed by atoms with Gasteiger partial charge in [0.15, 0.2) is 0 Å². The third-order valence-corrected chi connectivity index (χ3v) is 4.78. The number of fused-ring (bicyclic) bond motifs is 1. The molecule has 0 aliphatic rings.